The van der Waals surface area contributed by atoms with Gasteiger partial charge in [-0.25, -0.2) is 9.97 Å². The van der Waals surface area contributed by atoms with Crippen LogP contribution in [-0.2, 0) is 0 Å². The van der Waals surface area contributed by atoms with Crippen LogP contribution in [0.4, 0.5) is 11.6 Å². The average molecular weight is 457 g/mol. The van der Waals surface area contributed by atoms with E-state index in [4.69, 9.17) is 4.74 Å². The van der Waals surface area contributed by atoms with E-state index in [0.29, 0.717) is 23.3 Å². The molecule has 2 N–H and O–H groups in total. The third kappa shape index (κ3) is 4.71. The van der Waals surface area contributed by atoms with Crippen LogP contribution in [0.5, 0.6) is 5.75 Å². The lowest BCUT2D eigenvalue weighted by Gasteiger charge is -2.14. The zero-order valence-electron chi connectivity index (χ0n) is 19.6. The minimum absolute atomic E-state index is 0.0668. The van der Waals surface area contributed by atoms with Crippen LogP contribution in [0.1, 0.15) is 36.7 Å². The molecule has 0 radical (unpaired) electrons. The number of ether oxygens (including phenoxy) is 1. The highest BCUT2D eigenvalue weighted by molar-refractivity contribution is 5.98. The number of aromatic amines is 1. The number of carbonyl (C=O) groups excluding carboxylic acids is 1. The van der Waals surface area contributed by atoms with Gasteiger partial charge in [0.2, 0.25) is 5.95 Å². The lowest BCUT2D eigenvalue weighted by molar-refractivity contribution is 0.0823. The van der Waals surface area contributed by atoms with Crippen LogP contribution in [0.2, 0.25) is 0 Å². The number of nitrogens with one attached hydrogen (secondary N) is 2. The first-order valence-corrected chi connectivity index (χ1v) is 11.5. The molecule has 0 aliphatic heterocycles. The molecule has 1 aromatic carbocycles. The SMILES string of the molecule is CC1CCC(Oc2ccnc(-c3ccnc(Nc4ccc5[nH]c(C(=O)N(C)C)cc5c4)n3)c2)C1. The van der Waals surface area contributed by atoms with Crippen molar-refractivity contribution in [3.8, 4) is 17.1 Å². The number of anilines is 2. The Morgan fingerprint density at radius 2 is 1.91 bits per heavy atom. The van der Waals surface area contributed by atoms with Crippen LogP contribution in [0.3, 0.4) is 0 Å². The summed E-state index contributed by atoms with van der Waals surface area (Å²) in [7, 11) is 3.47. The van der Waals surface area contributed by atoms with Gasteiger partial charge in [0, 0.05) is 49.1 Å². The number of aromatic nitrogens is 4. The maximum absolute atomic E-state index is 12.2. The predicted molar refractivity (Wildman–Crippen MR) is 132 cm³/mol. The van der Waals surface area contributed by atoms with Gasteiger partial charge < -0.3 is 19.9 Å². The summed E-state index contributed by atoms with van der Waals surface area (Å²) < 4.78 is 6.18. The smallest absolute Gasteiger partial charge is 0.269 e. The van der Waals surface area contributed by atoms with E-state index in [9.17, 15) is 4.79 Å². The molecule has 8 nitrogen and oxygen atoms in total. The summed E-state index contributed by atoms with van der Waals surface area (Å²) in [6, 6.07) is 13.3. The van der Waals surface area contributed by atoms with E-state index >= 15 is 0 Å². The summed E-state index contributed by atoms with van der Waals surface area (Å²) in [5.74, 6) is 1.93. The Bertz CT molecular complexity index is 1330. The zero-order valence-corrected chi connectivity index (χ0v) is 19.6. The zero-order chi connectivity index (χ0) is 23.7. The van der Waals surface area contributed by atoms with Crippen LogP contribution in [0, 0.1) is 5.92 Å². The summed E-state index contributed by atoms with van der Waals surface area (Å²) in [4.78, 5) is 30.4. The molecule has 1 aliphatic carbocycles. The molecule has 3 heterocycles. The first-order chi connectivity index (χ1) is 16.4. The Labute approximate surface area is 198 Å². The second-order valence-corrected chi connectivity index (χ2v) is 9.11. The molecule has 0 saturated heterocycles. The fraction of sp³-hybridized carbons (Fsp3) is 0.308. The lowest BCUT2D eigenvalue weighted by atomic mass is 10.1. The quantitative estimate of drug-likeness (QED) is 0.422. The second kappa shape index (κ2) is 9.13. The van der Waals surface area contributed by atoms with Crippen molar-refractivity contribution in [1.82, 2.24) is 24.8 Å². The number of hydrogen-bond donors (Lipinski definition) is 2. The van der Waals surface area contributed by atoms with Gasteiger partial charge in [0.15, 0.2) is 0 Å². The minimum atomic E-state index is -0.0668. The average Bonchev–Trinajstić information content (AvgIpc) is 3.44. The Hall–Kier alpha value is -3.94. The van der Waals surface area contributed by atoms with Crippen LogP contribution < -0.4 is 10.1 Å². The molecular formula is C26H28N6O2. The van der Waals surface area contributed by atoms with E-state index in [-0.39, 0.29) is 12.0 Å². The summed E-state index contributed by atoms with van der Waals surface area (Å²) in [5, 5.41) is 4.18. The van der Waals surface area contributed by atoms with E-state index in [1.807, 2.05) is 42.5 Å². The van der Waals surface area contributed by atoms with Gasteiger partial charge >= 0.3 is 0 Å². The van der Waals surface area contributed by atoms with Crippen LogP contribution in [-0.4, -0.2) is 50.9 Å². The fourth-order valence-electron chi connectivity index (χ4n) is 4.34. The third-order valence-electron chi connectivity index (χ3n) is 6.11. The maximum atomic E-state index is 12.2. The summed E-state index contributed by atoms with van der Waals surface area (Å²) in [6.45, 7) is 2.27. The molecule has 3 aromatic heterocycles. The van der Waals surface area contributed by atoms with E-state index in [1.54, 1.807) is 31.4 Å². The van der Waals surface area contributed by atoms with E-state index in [2.05, 4.69) is 32.2 Å². The number of nitrogens with zero attached hydrogens (tertiary/aromatic N) is 4. The van der Waals surface area contributed by atoms with Gasteiger partial charge in [-0.3, -0.25) is 9.78 Å². The molecule has 0 spiro atoms. The predicted octanol–water partition coefficient (Wildman–Crippen LogP) is 5.03. The normalized spacial score (nSPS) is 17.6. The highest BCUT2D eigenvalue weighted by Crippen LogP contribution is 2.30. The summed E-state index contributed by atoms with van der Waals surface area (Å²) >= 11 is 0. The Morgan fingerprint density at radius 3 is 2.71 bits per heavy atom. The highest BCUT2D eigenvalue weighted by atomic mass is 16.5. The van der Waals surface area contributed by atoms with Crippen LogP contribution >= 0.6 is 0 Å². The minimum Gasteiger partial charge on any atom is -0.490 e. The van der Waals surface area contributed by atoms with Crippen molar-refractivity contribution in [3.63, 3.8) is 0 Å². The molecule has 4 aromatic rings. The molecule has 5 rings (SSSR count). The molecule has 174 valence electrons. The van der Waals surface area contributed by atoms with Gasteiger partial charge in [0.25, 0.3) is 5.91 Å². The number of fused-ring (bicyclic) bond motifs is 1. The van der Waals surface area contributed by atoms with Crippen molar-refractivity contribution >= 4 is 28.4 Å². The number of pyridine rings is 1. The number of amides is 1. The molecule has 2 unspecified atom stereocenters. The molecular weight excluding hydrogens is 428 g/mol. The number of hydrogen-bond acceptors (Lipinski definition) is 6. The molecule has 1 amide bonds. The van der Waals surface area contributed by atoms with E-state index < -0.39 is 0 Å². The van der Waals surface area contributed by atoms with Crippen molar-refractivity contribution < 1.29 is 9.53 Å². The molecule has 0 bridgehead atoms. The molecule has 8 heteroatoms. The van der Waals surface area contributed by atoms with Gasteiger partial charge in [-0.1, -0.05) is 6.92 Å². The third-order valence-corrected chi connectivity index (χ3v) is 6.11. The maximum Gasteiger partial charge on any atom is 0.269 e. The topological polar surface area (TPSA) is 96.0 Å². The molecule has 1 aliphatic rings. The number of H-pyrrole nitrogens is 1. The van der Waals surface area contributed by atoms with Crippen molar-refractivity contribution in [2.45, 2.75) is 32.3 Å². The Kier molecular flexibility index (Phi) is 5.88. The van der Waals surface area contributed by atoms with Crippen LogP contribution in [0.25, 0.3) is 22.3 Å². The first-order valence-electron chi connectivity index (χ1n) is 11.5. The van der Waals surface area contributed by atoms with E-state index in [0.717, 1.165) is 40.9 Å². The van der Waals surface area contributed by atoms with E-state index in [1.165, 1.54) is 6.42 Å². The lowest BCUT2D eigenvalue weighted by Crippen LogP contribution is -2.21. The van der Waals surface area contributed by atoms with Crippen molar-refractivity contribution in [2.24, 2.45) is 5.92 Å². The molecule has 1 saturated carbocycles. The van der Waals surface area contributed by atoms with Gasteiger partial charge in [0.05, 0.1) is 17.5 Å². The van der Waals surface area contributed by atoms with Gasteiger partial charge in [-0.05, 0) is 61.6 Å². The summed E-state index contributed by atoms with van der Waals surface area (Å²) in [6.07, 6.45) is 7.13. The van der Waals surface area contributed by atoms with Crippen LogP contribution in [0.15, 0.2) is 54.9 Å². The first kappa shape index (κ1) is 21.9. The molecule has 2 atom stereocenters. The number of carbonyl (C=O) groups is 1. The summed E-state index contributed by atoms with van der Waals surface area (Å²) in [5.41, 5.74) is 3.72. The van der Waals surface area contributed by atoms with Crippen molar-refractivity contribution in [2.75, 3.05) is 19.4 Å². The Balaban J connectivity index is 1.34. The van der Waals surface area contributed by atoms with Crippen molar-refractivity contribution in [3.05, 3.63) is 60.6 Å². The Morgan fingerprint density at radius 1 is 1.06 bits per heavy atom. The van der Waals surface area contributed by atoms with Gasteiger partial charge in [0.1, 0.15) is 11.4 Å². The molecule has 1 fully saturated rings. The largest absolute Gasteiger partial charge is 0.490 e. The molecule has 34 heavy (non-hydrogen) atoms. The van der Waals surface area contributed by atoms with Gasteiger partial charge in [-0.15, -0.1) is 0 Å². The standard InChI is InChI=1S/C26H28N6O2/c1-16-4-6-19(12-16)34-20-8-10-27-23(15-20)22-9-11-28-26(31-22)29-18-5-7-21-17(13-18)14-24(30-21)25(33)32(2)3/h5,7-11,13-16,19,30H,4,6,12H2,1-3H3,(H,28,29,31). The van der Waals surface area contributed by atoms with Crippen molar-refractivity contribution in [1.29, 1.82) is 0 Å². The second-order valence-electron chi connectivity index (χ2n) is 9.11. The van der Waals surface area contributed by atoms with Gasteiger partial charge in [-0.2, -0.15) is 0 Å². The fourth-order valence-corrected chi connectivity index (χ4v) is 4.34. The number of benzene rings is 1. The number of rotatable bonds is 6. The monoisotopic (exact) mass is 456 g/mol. The highest BCUT2D eigenvalue weighted by Gasteiger charge is 2.23.